The predicted octanol–water partition coefficient (Wildman–Crippen LogP) is 3.13. The van der Waals surface area contributed by atoms with E-state index in [0.29, 0.717) is 16.7 Å². The van der Waals surface area contributed by atoms with Gasteiger partial charge in [-0.3, -0.25) is 9.78 Å². The fourth-order valence-electron chi connectivity index (χ4n) is 1.72. The Balaban J connectivity index is 2.35. The van der Waals surface area contributed by atoms with Crippen LogP contribution in [0.15, 0.2) is 42.7 Å². The number of hydrogen-bond acceptors (Lipinski definition) is 2. The van der Waals surface area contributed by atoms with Gasteiger partial charge in [0.15, 0.2) is 0 Å². The second-order valence-corrected chi connectivity index (χ2v) is 4.12. The lowest BCUT2D eigenvalue weighted by molar-refractivity contribution is -0.137. The fourth-order valence-corrected chi connectivity index (χ4v) is 1.72. The zero-order valence-electron chi connectivity index (χ0n) is 10.5. The summed E-state index contributed by atoms with van der Waals surface area (Å²) in [7, 11) is 1.49. The Bertz CT molecular complexity index is 621. The van der Waals surface area contributed by atoms with E-state index in [2.05, 4.69) is 10.3 Å². The summed E-state index contributed by atoms with van der Waals surface area (Å²) >= 11 is 0. The van der Waals surface area contributed by atoms with Gasteiger partial charge in [-0.25, -0.2) is 0 Å². The molecule has 3 nitrogen and oxygen atoms in total. The van der Waals surface area contributed by atoms with E-state index in [1.54, 1.807) is 6.07 Å². The molecule has 1 N–H and O–H groups in total. The van der Waals surface area contributed by atoms with Crippen molar-refractivity contribution in [2.45, 2.75) is 6.18 Å². The van der Waals surface area contributed by atoms with E-state index in [4.69, 9.17) is 0 Å². The Hall–Kier alpha value is -2.37. The molecule has 0 saturated carbocycles. The van der Waals surface area contributed by atoms with Crippen molar-refractivity contribution in [1.82, 2.24) is 10.3 Å². The molecule has 1 aromatic heterocycles. The zero-order valence-corrected chi connectivity index (χ0v) is 10.5. The molecule has 104 valence electrons. The summed E-state index contributed by atoms with van der Waals surface area (Å²) in [6.45, 7) is 0. The van der Waals surface area contributed by atoms with Gasteiger partial charge in [0.05, 0.1) is 11.1 Å². The lowest BCUT2D eigenvalue weighted by atomic mass is 10.0. The van der Waals surface area contributed by atoms with Crippen LogP contribution >= 0.6 is 0 Å². The van der Waals surface area contributed by atoms with Crippen molar-refractivity contribution in [3.8, 4) is 11.1 Å². The predicted molar refractivity (Wildman–Crippen MR) is 68.1 cm³/mol. The average Bonchev–Trinajstić information content (AvgIpc) is 2.46. The van der Waals surface area contributed by atoms with Gasteiger partial charge >= 0.3 is 6.18 Å². The van der Waals surface area contributed by atoms with Crippen LogP contribution in [0.2, 0.25) is 0 Å². The molecule has 1 amide bonds. The first kappa shape index (κ1) is 14.0. The Morgan fingerprint density at radius 3 is 2.30 bits per heavy atom. The van der Waals surface area contributed by atoms with Crippen molar-refractivity contribution in [3.63, 3.8) is 0 Å². The molecule has 0 bridgehead atoms. The number of pyridine rings is 1. The van der Waals surface area contributed by atoms with Crippen molar-refractivity contribution in [1.29, 1.82) is 0 Å². The molecule has 2 aromatic rings. The Labute approximate surface area is 113 Å². The largest absolute Gasteiger partial charge is 0.416 e. The van der Waals surface area contributed by atoms with Crippen molar-refractivity contribution >= 4 is 5.91 Å². The van der Waals surface area contributed by atoms with Crippen LogP contribution in [0, 0.1) is 0 Å². The molecular formula is C14H11F3N2O. The van der Waals surface area contributed by atoms with E-state index in [1.807, 2.05) is 0 Å². The SMILES string of the molecule is CNC(=O)c1cncc(-c2ccc(C(F)(F)F)cc2)c1. The molecule has 1 aromatic carbocycles. The molecule has 6 heteroatoms. The van der Waals surface area contributed by atoms with Crippen LogP contribution in [-0.2, 0) is 6.18 Å². The number of benzene rings is 1. The van der Waals surface area contributed by atoms with Crippen LogP contribution in [0.4, 0.5) is 13.2 Å². The number of rotatable bonds is 2. The van der Waals surface area contributed by atoms with Crippen LogP contribution in [0.25, 0.3) is 11.1 Å². The number of carbonyl (C=O) groups excluding carboxylic acids is 1. The summed E-state index contributed by atoms with van der Waals surface area (Å²) in [6, 6.07) is 6.29. The van der Waals surface area contributed by atoms with Crippen LogP contribution in [0.5, 0.6) is 0 Å². The molecular weight excluding hydrogens is 269 g/mol. The monoisotopic (exact) mass is 280 g/mol. The quantitative estimate of drug-likeness (QED) is 0.918. The standard InChI is InChI=1S/C14H11F3N2O/c1-18-13(20)11-6-10(7-19-8-11)9-2-4-12(5-3-9)14(15,16)17/h2-8H,1H3,(H,18,20). The number of hydrogen-bond donors (Lipinski definition) is 1. The molecule has 0 atom stereocenters. The third-order valence-electron chi connectivity index (χ3n) is 2.77. The minimum Gasteiger partial charge on any atom is -0.355 e. The summed E-state index contributed by atoms with van der Waals surface area (Å²) in [6.07, 6.45) is -1.47. The zero-order chi connectivity index (χ0) is 14.8. The topological polar surface area (TPSA) is 42.0 Å². The van der Waals surface area contributed by atoms with Crippen LogP contribution in [-0.4, -0.2) is 17.9 Å². The highest BCUT2D eigenvalue weighted by Gasteiger charge is 2.29. The maximum atomic E-state index is 12.5. The molecule has 0 aliphatic rings. The highest BCUT2D eigenvalue weighted by atomic mass is 19.4. The summed E-state index contributed by atoms with van der Waals surface area (Å²) in [5.74, 6) is -0.300. The molecule has 0 spiro atoms. The molecule has 20 heavy (non-hydrogen) atoms. The van der Waals surface area contributed by atoms with E-state index < -0.39 is 11.7 Å². The average molecular weight is 280 g/mol. The maximum Gasteiger partial charge on any atom is 0.416 e. The number of aromatic nitrogens is 1. The number of alkyl halides is 3. The van der Waals surface area contributed by atoms with Crippen LogP contribution in [0.1, 0.15) is 15.9 Å². The number of nitrogens with zero attached hydrogens (tertiary/aromatic N) is 1. The van der Waals surface area contributed by atoms with Gasteiger partial charge in [0.25, 0.3) is 5.91 Å². The molecule has 0 aliphatic heterocycles. The number of carbonyl (C=O) groups is 1. The molecule has 0 unspecified atom stereocenters. The van der Waals surface area contributed by atoms with Gasteiger partial charge < -0.3 is 5.32 Å². The van der Waals surface area contributed by atoms with Gasteiger partial charge in [-0.1, -0.05) is 12.1 Å². The Morgan fingerprint density at radius 2 is 1.75 bits per heavy atom. The molecule has 2 rings (SSSR count). The van der Waals surface area contributed by atoms with Gasteiger partial charge in [-0.2, -0.15) is 13.2 Å². The first-order chi connectivity index (χ1) is 9.41. The smallest absolute Gasteiger partial charge is 0.355 e. The van der Waals surface area contributed by atoms with Crippen molar-refractivity contribution < 1.29 is 18.0 Å². The van der Waals surface area contributed by atoms with Crippen LogP contribution in [0.3, 0.4) is 0 Å². The first-order valence-electron chi connectivity index (χ1n) is 5.76. The highest BCUT2D eigenvalue weighted by Crippen LogP contribution is 2.30. The van der Waals surface area contributed by atoms with E-state index in [0.717, 1.165) is 12.1 Å². The van der Waals surface area contributed by atoms with E-state index in [-0.39, 0.29) is 5.91 Å². The molecule has 1 heterocycles. The molecule has 0 radical (unpaired) electrons. The minimum atomic E-state index is -4.36. The van der Waals surface area contributed by atoms with Gasteiger partial charge in [0, 0.05) is 25.0 Å². The lowest BCUT2D eigenvalue weighted by Gasteiger charge is -2.08. The van der Waals surface area contributed by atoms with Gasteiger partial charge in [0.1, 0.15) is 0 Å². The van der Waals surface area contributed by atoms with E-state index in [1.165, 1.54) is 31.6 Å². The summed E-state index contributed by atoms with van der Waals surface area (Å²) in [4.78, 5) is 15.4. The second kappa shape index (κ2) is 5.32. The number of nitrogens with one attached hydrogen (secondary N) is 1. The second-order valence-electron chi connectivity index (χ2n) is 4.12. The molecule has 0 saturated heterocycles. The maximum absolute atomic E-state index is 12.5. The van der Waals surface area contributed by atoms with E-state index >= 15 is 0 Å². The highest BCUT2D eigenvalue weighted by molar-refractivity contribution is 5.94. The molecule has 0 fully saturated rings. The summed E-state index contributed by atoms with van der Waals surface area (Å²) < 4.78 is 37.4. The number of amides is 1. The van der Waals surface area contributed by atoms with Gasteiger partial charge in [0.2, 0.25) is 0 Å². The Morgan fingerprint density at radius 1 is 1.10 bits per heavy atom. The normalized spacial score (nSPS) is 11.2. The van der Waals surface area contributed by atoms with Gasteiger partial charge in [-0.05, 0) is 23.8 Å². The summed E-state index contributed by atoms with van der Waals surface area (Å²) in [5, 5.41) is 2.46. The number of halogens is 3. The van der Waals surface area contributed by atoms with Crippen molar-refractivity contribution in [2.75, 3.05) is 7.05 Å². The Kier molecular flexibility index (Phi) is 3.74. The lowest BCUT2D eigenvalue weighted by Crippen LogP contribution is -2.17. The van der Waals surface area contributed by atoms with E-state index in [9.17, 15) is 18.0 Å². The van der Waals surface area contributed by atoms with Gasteiger partial charge in [-0.15, -0.1) is 0 Å². The molecule has 0 aliphatic carbocycles. The fraction of sp³-hybridized carbons (Fsp3) is 0.143. The minimum absolute atomic E-state index is 0.300. The van der Waals surface area contributed by atoms with Crippen molar-refractivity contribution in [2.24, 2.45) is 0 Å². The first-order valence-corrected chi connectivity index (χ1v) is 5.76. The summed E-state index contributed by atoms with van der Waals surface area (Å²) in [5.41, 5.74) is 0.789. The van der Waals surface area contributed by atoms with Crippen molar-refractivity contribution in [3.05, 3.63) is 53.9 Å². The van der Waals surface area contributed by atoms with Crippen LogP contribution < -0.4 is 5.32 Å². The third-order valence-corrected chi connectivity index (χ3v) is 2.77. The third kappa shape index (κ3) is 2.96.